The monoisotopic (exact) mass is 440 g/mol. The second-order valence-corrected chi connectivity index (χ2v) is 12.8. The molecule has 8 atom stereocenters. The van der Waals surface area contributed by atoms with Gasteiger partial charge in [-0.15, -0.1) is 0 Å². The topological polar surface area (TPSA) is 26.3 Å². The van der Waals surface area contributed by atoms with Crippen molar-refractivity contribution in [2.45, 2.75) is 111 Å². The minimum atomic E-state index is -0.263. The van der Waals surface area contributed by atoms with E-state index in [-0.39, 0.29) is 12.1 Å². The SMILES string of the molecule is C=CC(=O)OC1CC[C@@]2(C)C(=CCC3C2CC[C@@]2(C)C3CC[C@@H]2[C@H](C)CCCC(C)C)C1. The number of hydrogen-bond donors (Lipinski definition) is 0. The number of rotatable bonds is 7. The van der Waals surface area contributed by atoms with Gasteiger partial charge in [0.05, 0.1) is 0 Å². The number of hydrogen-bond acceptors (Lipinski definition) is 2. The smallest absolute Gasteiger partial charge is 0.330 e. The molecular formula is C30H48O2. The van der Waals surface area contributed by atoms with Crippen LogP contribution in [0.15, 0.2) is 24.3 Å². The molecule has 0 spiro atoms. The number of esters is 1. The minimum Gasteiger partial charge on any atom is -0.459 e. The Morgan fingerprint density at radius 2 is 1.91 bits per heavy atom. The van der Waals surface area contributed by atoms with E-state index in [1.807, 2.05) is 0 Å². The zero-order valence-electron chi connectivity index (χ0n) is 21.5. The molecule has 4 aliphatic carbocycles. The molecule has 0 aromatic heterocycles. The summed E-state index contributed by atoms with van der Waals surface area (Å²) in [5.41, 5.74) is 2.46. The van der Waals surface area contributed by atoms with Gasteiger partial charge < -0.3 is 4.74 Å². The Morgan fingerprint density at radius 1 is 1.12 bits per heavy atom. The lowest BCUT2D eigenvalue weighted by molar-refractivity contribution is -0.145. The zero-order chi connectivity index (χ0) is 23.1. The molecule has 0 radical (unpaired) electrons. The Balaban J connectivity index is 1.46. The maximum absolute atomic E-state index is 11.7. The van der Waals surface area contributed by atoms with Crippen LogP contribution >= 0.6 is 0 Å². The highest BCUT2D eigenvalue weighted by Crippen LogP contribution is 2.67. The second kappa shape index (κ2) is 9.30. The molecule has 2 heteroatoms. The van der Waals surface area contributed by atoms with Crippen molar-refractivity contribution in [3.05, 3.63) is 24.3 Å². The van der Waals surface area contributed by atoms with Crippen molar-refractivity contribution in [1.82, 2.24) is 0 Å². The average molecular weight is 441 g/mol. The minimum absolute atomic E-state index is 0.0489. The van der Waals surface area contributed by atoms with Gasteiger partial charge in [-0.2, -0.15) is 0 Å². The number of carbonyl (C=O) groups is 1. The average Bonchev–Trinajstić information content (AvgIpc) is 3.11. The number of fused-ring (bicyclic) bond motifs is 5. The highest BCUT2D eigenvalue weighted by molar-refractivity contribution is 5.81. The lowest BCUT2D eigenvalue weighted by Gasteiger charge is -2.58. The molecule has 0 bridgehead atoms. The quantitative estimate of drug-likeness (QED) is 0.227. The van der Waals surface area contributed by atoms with Crippen molar-refractivity contribution in [3.8, 4) is 0 Å². The predicted molar refractivity (Wildman–Crippen MR) is 133 cm³/mol. The van der Waals surface area contributed by atoms with E-state index in [1.54, 1.807) is 5.57 Å². The molecule has 0 heterocycles. The standard InChI is InChI=1S/C30H48O2/c1-7-28(31)32-23-15-17-29(5)22(19-23)11-12-24-26-14-13-25(21(4)10-8-9-20(2)3)30(26,6)18-16-27(24)29/h7,11,20-21,23-27H,1,8-10,12-19H2,2-6H3/t21-,23?,24?,25-,26?,27?,29+,30-/m1/s1. The fourth-order valence-corrected chi connectivity index (χ4v) is 8.97. The number of carbonyl (C=O) groups excluding carboxylic acids is 1. The van der Waals surface area contributed by atoms with E-state index in [4.69, 9.17) is 4.74 Å². The van der Waals surface area contributed by atoms with Crippen LogP contribution in [-0.2, 0) is 9.53 Å². The first-order chi connectivity index (χ1) is 15.2. The van der Waals surface area contributed by atoms with Crippen LogP contribution in [0.4, 0.5) is 0 Å². The van der Waals surface area contributed by atoms with Crippen LogP contribution in [0, 0.1) is 46.3 Å². The molecule has 4 aliphatic rings. The number of allylic oxidation sites excluding steroid dienone is 1. The Hall–Kier alpha value is -1.05. The summed E-state index contributed by atoms with van der Waals surface area (Å²) in [7, 11) is 0. The normalized spacial score (nSPS) is 41.8. The largest absolute Gasteiger partial charge is 0.459 e. The molecule has 180 valence electrons. The lowest BCUT2D eigenvalue weighted by atomic mass is 9.47. The molecular weight excluding hydrogens is 392 g/mol. The third kappa shape index (κ3) is 4.25. The van der Waals surface area contributed by atoms with Crippen LogP contribution in [0.1, 0.15) is 105 Å². The molecule has 32 heavy (non-hydrogen) atoms. The highest BCUT2D eigenvalue weighted by atomic mass is 16.5. The molecule has 0 aromatic carbocycles. The second-order valence-electron chi connectivity index (χ2n) is 12.8. The Kier molecular flexibility index (Phi) is 7.00. The number of ether oxygens (including phenoxy) is 1. The van der Waals surface area contributed by atoms with E-state index >= 15 is 0 Å². The fourth-order valence-electron chi connectivity index (χ4n) is 8.97. The van der Waals surface area contributed by atoms with Gasteiger partial charge in [0.1, 0.15) is 6.10 Å². The first kappa shape index (κ1) is 24.1. The summed E-state index contributed by atoms with van der Waals surface area (Å²) in [5.74, 6) is 4.97. The van der Waals surface area contributed by atoms with Crippen LogP contribution in [0.5, 0.6) is 0 Å². The van der Waals surface area contributed by atoms with Crippen molar-refractivity contribution >= 4 is 5.97 Å². The lowest BCUT2D eigenvalue weighted by Crippen LogP contribution is -2.51. The molecule has 0 aliphatic heterocycles. The van der Waals surface area contributed by atoms with Gasteiger partial charge >= 0.3 is 5.97 Å². The van der Waals surface area contributed by atoms with Gasteiger partial charge in [0, 0.05) is 12.5 Å². The molecule has 3 saturated carbocycles. The van der Waals surface area contributed by atoms with Gasteiger partial charge in [-0.1, -0.05) is 72.1 Å². The zero-order valence-corrected chi connectivity index (χ0v) is 21.5. The summed E-state index contributed by atoms with van der Waals surface area (Å²) >= 11 is 0. The van der Waals surface area contributed by atoms with Crippen LogP contribution in [0.3, 0.4) is 0 Å². The van der Waals surface area contributed by atoms with Crippen molar-refractivity contribution in [2.75, 3.05) is 0 Å². The molecule has 4 rings (SSSR count). The van der Waals surface area contributed by atoms with Crippen LogP contribution in [0.25, 0.3) is 0 Å². The first-order valence-electron chi connectivity index (χ1n) is 13.7. The van der Waals surface area contributed by atoms with E-state index in [1.165, 1.54) is 63.9 Å². The van der Waals surface area contributed by atoms with Gasteiger partial charge in [-0.3, -0.25) is 0 Å². The van der Waals surface area contributed by atoms with Crippen LogP contribution < -0.4 is 0 Å². The van der Waals surface area contributed by atoms with Crippen molar-refractivity contribution in [2.24, 2.45) is 46.3 Å². The maximum Gasteiger partial charge on any atom is 0.330 e. The third-order valence-corrected chi connectivity index (χ3v) is 10.7. The van der Waals surface area contributed by atoms with Crippen LogP contribution in [-0.4, -0.2) is 12.1 Å². The molecule has 3 fully saturated rings. The molecule has 0 aromatic rings. The summed E-state index contributed by atoms with van der Waals surface area (Å²) in [5, 5.41) is 0. The van der Waals surface area contributed by atoms with Gasteiger partial charge in [0.15, 0.2) is 0 Å². The Morgan fingerprint density at radius 3 is 2.62 bits per heavy atom. The van der Waals surface area contributed by atoms with Crippen molar-refractivity contribution in [3.63, 3.8) is 0 Å². The van der Waals surface area contributed by atoms with E-state index in [0.29, 0.717) is 10.8 Å². The van der Waals surface area contributed by atoms with Crippen molar-refractivity contribution < 1.29 is 9.53 Å². The molecule has 2 nitrogen and oxygen atoms in total. The van der Waals surface area contributed by atoms with E-state index in [9.17, 15) is 4.79 Å². The maximum atomic E-state index is 11.7. The van der Waals surface area contributed by atoms with E-state index in [2.05, 4.69) is 47.3 Å². The third-order valence-electron chi connectivity index (χ3n) is 10.7. The van der Waals surface area contributed by atoms with Crippen LogP contribution in [0.2, 0.25) is 0 Å². The van der Waals surface area contributed by atoms with Gasteiger partial charge in [-0.25, -0.2) is 4.79 Å². The highest BCUT2D eigenvalue weighted by Gasteiger charge is 2.59. The van der Waals surface area contributed by atoms with Gasteiger partial charge in [0.2, 0.25) is 0 Å². The molecule has 0 saturated heterocycles. The van der Waals surface area contributed by atoms with Gasteiger partial charge in [-0.05, 0) is 91.3 Å². The molecule has 0 N–H and O–H groups in total. The summed E-state index contributed by atoms with van der Waals surface area (Å²) in [6.45, 7) is 16.1. The van der Waals surface area contributed by atoms with Crippen molar-refractivity contribution in [1.29, 1.82) is 0 Å². The first-order valence-corrected chi connectivity index (χ1v) is 13.7. The van der Waals surface area contributed by atoms with E-state index in [0.717, 1.165) is 48.3 Å². The molecule has 0 amide bonds. The summed E-state index contributed by atoms with van der Waals surface area (Å²) < 4.78 is 5.65. The molecule has 4 unspecified atom stereocenters. The summed E-state index contributed by atoms with van der Waals surface area (Å²) in [6, 6.07) is 0. The summed E-state index contributed by atoms with van der Waals surface area (Å²) in [4.78, 5) is 11.7. The Labute approximate surface area is 197 Å². The van der Waals surface area contributed by atoms with E-state index < -0.39 is 0 Å². The van der Waals surface area contributed by atoms with Gasteiger partial charge in [0.25, 0.3) is 0 Å². The predicted octanol–water partition coefficient (Wildman–Crippen LogP) is 8.13. The fraction of sp³-hybridized carbons (Fsp3) is 0.833. The summed E-state index contributed by atoms with van der Waals surface area (Å²) in [6.07, 6.45) is 18.3. The Bertz CT molecular complexity index is 735.